The summed E-state index contributed by atoms with van der Waals surface area (Å²) in [7, 11) is 1.66. The van der Waals surface area contributed by atoms with E-state index < -0.39 is 0 Å². The average molecular weight is 411 g/mol. The zero-order valence-corrected chi connectivity index (χ0v) is 18.2. The lowest BCUT2D eigenvalue weighted by atomic mass is 9.94. The Morgan fingerprint density at radius 1 is 1.23 bits per heavy atom. The van der Waals surface area contributed by atoms with Gasteiger partial charge < -0.3 is 9.72 Å². The molecule has 0 radical (unpaired) electrons. The maximum absolute atomic E-state index is 13.2. The van der Waals surface area contributed by atoms with E-state index in [0.717, 1.165) is 48.0 Å². The van der Waals surface area contributed by atoms with Crippen LogP contribution in [-0.4, -0.2) is 56.9 Å². The molecule has 1 atom stereocenters. The molecule has 160 valence electrons. The maximum Gasteiger partial charge on any atom is 0.253 e. The minimum Gasteiger partial charge on any atom is -0.383 e. The largest absolute Gasteiger partial charge is 0.383 e. The van der Waals surface area contributed by atoms with Crippen molar-refractivity contribution in [3.63, 3.8) is 0 Å². The molecule has 2 aromatic heterocycles. The molecule has 3 heterocycles. The summed E-state index contributed by atoms with van der Waals surface area (Å²) in [6.07, 6.45) is 2.19. The second-order valence-corrected chi connectivity index (χ2v) is 8.47. The normalized spacial score (nSPS) is 16.9. The van der Waals surface area contributed by atoms with Gasteiger partial charge in [-0.15, -0.1) is 5.10 Å². The van der Waals surface area contributed by atoms with Crippen molar-refractivity contribution in [2.75, 3.05) is 26.8 Å². The summed E-state index contributed by atoms with van der Waals surface area (Å²) in [5.74, 6) is 1.38. The number of aromatic amines is 1. The van der Waals surface area contributed by atoms with Gasteiger partial charge in [0.1, 0.15) is 6.04 Å². The zero-order valence-electron chi connectivity index (χ0n) is 18.2. The van der Waals surface area contributed by atoms with Gasteiger partial charge in [0.25, 0.3) is 5.56 Å². The Hall–Kier alpha value is -2.58. The van der Waals surface area contributed by atoms with Crippen LogP contribution in [0, 0.1) is 19.8 Å². The Balaban J connectivity index is 1.85. The highest BCUT2D eigenvalue weighted by Crippen LogP contribution is 2.31. The van der Waals surface area contributed by atoms with Gasteiger partial charge in [-0.3, -0.25) is 9.69 Å². The fraction of sp³-hybridized carbons (Fsp3) is 0.545. The van der Waals surface area contributed by atoms with Crippen LogP contribution in [0.3, 0.4) is 0 Å². The smallest absolute Gasteiger partial charge is 0.253 e. The standard InChI is InChI=1S/C22H30N6O2/c1-14-5-7-27(8-6-14)20(21-24-25-26-28(21)9-10-30-4)18-13-17-16(3)11-15(2)12-19(17)23-22(18)29/h11-14,20H,5-10H2,1-4H3,(H,23,29)/t20-/m1/s1. The number of aryl methyl sites for hydroxylation is 2. The molecule has 4 rings (SSSR count). The number of piperidine rings is 1. The summed E-state index contributed by atoms with van der Waals surface area (Å²) >= 11 is 0. The SMILES string of the molecule is COCCn1nnnc1[C@@H](c1cc2c(C)cc(C)cc2[nH]c1=O)N1CCC(C)CC1. The van der Waals surface area contributed by atoms with E-state index in [1.165, 1.54) is 0 Å². The van der Waals surface area contributed by atoms with E-state index in [1.54, 1.807) is 11.8 Å². The molecule has 30 heavy (non-hydrogen) atoms. The third-order valence-electron chi connectivity index (χ3n) is 6.13. The topological polar surface area (TPSA) is 88.9 Å². The first-order valence-corrected chi connectivity index (χ1v) is 10.6. The highest BCUT2D eigenvalue weighted by Gasteiger charge is 2.32. The Kier molecular flexibility index (Phi) is 5.97. The van der Waals surface area contributed by atoms with Crippen LogP contribution in [0.25, 0.3) is 10.9 Å². The lowest BCUT2D eigenvalue weighted by Crippen LogP contribution is -2.40. The van der Waals surface area contributed by atoms with Crippen molar-refractivity contribution in [1.29, 1.82) is 0 Å². The number of nitrogens with zero attached hydrogens (tertiary/aromatic N) is 5. The molecular weight excluding hydrogens is 380 g/mol. The summed E-state index contributed by atoms with van der Waals surface area (Å²) in [6, 6.07) is 5.90. The average Bonchev–Trinajstić information content (AvgIpc) is 3.16. The number of pyridine rings is 1. The number of benzene rings is 1. The van der Waals surface area contributed by atoms with E-state index >= 15 is 0 Å². The third-order valence-corrected chi connectivity index (χ3v) is 6.13. The molecule has 0 bridgehead atoms. The second kappa shape index (κ2) is 8.65. The minimum atomic E-state index is -0.293. The van der Waals surface area contributed by atoms with E-state index in [1.807, 2.05) is 19.1 Å². The van der Waals surface area contributed by atoms with Crippen molar-refractivity contribution in [1.82, 2.24) is 30.1 Å². The summed E-state index contributed by atoms with van der Waals surface area (Å²) in [4.78, 5) is 18.7. The first-order valence-electron chi connectivity index (χ1n) is 10.6. The first kappa shape index (κ1) is 20.7. The summed E-state index contributed by atoms with van der Waals surface area (Å²) in [6.45, 7) is 9.28. The first-order chi connectivity index (χ1) is 14.5. The molecule has 3 aromatic rings. The van der Waals surface area contributed by atoms with Gasteiger partial charge in [0, 0.05) is 23.6 Å². The van der Waals surface area contributed by atoms with Crippen molar-refractivity contribution in [3.8, 4) is 0 Å². The lowest BCUT2D eigenvalue weighted by molar-refractivity contribution is 0.144. The molecular formula is C22H30N6O2. The van der Waals surface area contributed by atoms with Gasteiger partial charge in [0.15, 0.2) is 5.82 Å². The van der Waals surface area contributed by atoms with Gasteiger partial charge in [-0.1, -0.05) is 13.0 Å². The molecule has 1 aliphatic rings. The predicted octanol–water partition coefficient (Wildman–Crippen LogP) is 2.60. The van der Waals surface area contributed by atoms with Gasteiger partial charge in [-0.2, -0.15) is 0 Å². The highest BCUT2D eigenvalue weighted by molar-refractivity contribution is 5.83. The van der Waals surface area contributed by atoms with E-state index in [-0.39, 0.29) is 11.6 Å². The minimum absolute atomic E-state index is 0.0857. The van der Waals surface area contributed by atoms with Crippen LogP contribution < -0.4 is 5.56 Å². The number of fused-ring (bicyclic) bond motifs is 1. The van der Waals surface area contributed by atoms with Crippen molar-refractivity contribution in [3.05, 3.63) is 51.1 Å². The Labute approximate surface area is 176 Å². The van der Waals surface area contributed by atoms with Crippen LogP contribution in [0.2, 0.25) is 0 Å². The summed E-state index contributed by atoms with van der Waals surface area (Å²) in [5, 5.41) is 13.5. The number of likely N-dealkylation sites (tertiary alicyclic amines) is 1. The number of nitrogens with one attached hydrogen (secondary N) is 1. The number of aromatic nitrogens is 5. The van der Waals surface area contributed by atoms with E-state index in [9.17, 15) is 4.79 Å². The number of hydrogen-bond donors (Lipinski definition) is 1. The van der Waals surface area contributed by atoms with Crippen LogP contribution in [0.1, 0.15) is 48.3 Å². The number of tetrazole rings is 1. The number of ether oxygens (including phenoxy) is 1. The van der Waals surface area contributed by atoms with E-state index in [4.69, 9.17) is 4.74 Å². The van der Waals surface area contributed by atoms with Crippen molar-refractivity contribution in [2.24, 2.45) is 5.92 Å². The van der Waals surface area contributed by atoms with Crippen molar-refractivity contribution >= 4 is 10.9 Å². The molecule has 1 saturated heterocycles. The van der Waals surface area contributed by atoms with Gasteiger partial charge in [0.2, 0.25) is 0 Å². The summed E-state index contributed by atoms with van der Waals surface area (Å²) < 4.78 is 6.99. The number of rotatable bonds is 6. The van der Waals surface area contributed by atoms with Crippen molar-refractivity contribution < 1.29 is 4.74 Å². The van der Waals surface area contributed by atoms with Crippen LogP contribution >= 0.6 is 0 Å². The van der Waals surface area contributed by atoms with Crippen LogP contribution in [-0.2, 0) is 11.3 Å². The molecule has 1 aromatic carbocycles. The summed E-state index contributed by atoms with van der Waals surface area (Å²) in [5.41, 5.74) is 3.75. The molecule has 0 spiro atoms. The van der Waals surface area contributed by atoms with Crippen molar-refractivity contribution in [2.45, 2.75) is 46.2 Å². The molecule has 0 unspecified atom stereocenters. The third kappa shape index (κ3) is 4.02. The fourth-order valence-corrected chi connectivity index (χ4v) is 4.42. The molecule has 0 amide bonds. The lowest BCUT2D eigenvalue weighted by Gasteiger charge is -2.35. The van der Waals surface area contributed by atoms with Gasteiger partial charge >= 0.3 is 0 Å². The molecule has 1 N–H and O–H groups in total. The van der Waals surface area contributed by atoms with Crippen LogP contribution in [0.15, 0.2) is 23.0 Å². The molecule has 0 aliphatic carbocycles. The molecule has 1 fully saturated rings. The van der Waals surface area contributed by atoms with E-state index in [2.05, 4.69) is 45.3 Å². The molecule has 1 aliphatic heterocycles. The fourth-order valence-electron chi connectivity index (χ4n) is 4.42. The number of hydrogen-bond acceptors (Lipinski definition) is 6. The Bertz CT molecular complexity index is 1080. The highest BCUT2D eigenvalue weighted by atomic mass is 16.5. The predicted molar refractivity (Wildman–Crippen MR) is 116 cm³/mol. The molecule has 8 heteroatoms. The molecule has 0 saturated carbocycles. The Morgan fingerprint density at radius 3 is 2.73 bits per heavy atom. The van der Waals surface area contributed by atoms with Gasteiger partial charge in [-0.25, -0.2) is 4.68 Å². The second-order valence-electron chi connectivity index (χ2n) is 8.47. The van der Waals surface area contributed by atoms with Gasteiger partial charge in [-0.05, 0) is 79.4 Å². The monoisotopic (exact) mass is 410 g/mol. The quantitative estimate of drug-likeness (QED) is 0.672. The zero-order chi connectivity index (χ0) is 21.3. The van der Waals surface area contributed by atoms with Crippen LogP contribution in [0.4, 0.5) is 0 Å². The van der Waals surface area contributed by atoms with Crippen LogP contribution in [0.5, 0.6) is 0 Å². The van der Waals surface area contributed by atoms with E-state index in [0.29, 0.717) is 30.5 Å². The number of H-pyrrole nitrogens is 1. The van der Waals surface area contributed by atoms with Gasteiger partial charge in [0.05, 0.1) is 13.2 Å². The molecule has 8 nitrogen and oxygen atoms in total. The Morgan fingerprint density at radius 2 is 2.00 bits per heavy atom. The number of methoxy groups -OCH3 is 1. The maximum atomic E-state index is 13.2.